The smallest absolute Gasteiger partial charge is 0.284 e. The molecule has 1 fully saturated rings. The number of carbonyl (C=O) groups excluding carboxylic acids is 1. The van der Waals surface area contributed by atoms with Gasteiger partial charge in [0.25, 0.3) is 11.6 Å². The minimum Gasteiger partial charge on any atom is -0.339 e. The van der Waals surface area contributed by atoms with Crippen LogP contribution in [0.2, 0.25) is 0 Å². The van der Waals surface area contributed by atoms with Crippen LogP contribution in [0.15, 0.2) is 52.3 Å². The van der Waals surface area contributed by atoms with Gasteiger partial charge in [-0.05, 0) is 57.1 Å². The van der Waals surface area contributed by atoms with Crippen molar-refractivity contribution in [2.24, 2.45) is 0 Å². The fourth-order valence-electron chi connectivity index (χ4n) is 3.18. The van der Waals surface area contributed by atoms with Crippen molar-refractivity contribution in [2.45, 2.75) is 35.6 Å². The highest BCUT2D eigenvalue weighted by atomic mass is 35.5. The summed E-state index contributed by atoms with van der Waals surface area (Å²) in [7, 11) is 1.78. The van der Waals surface area contributed by atoms with E-state index in [0.717, 1.165) is 36.4 Å². The van der Waals surface area contributed by atoms with Gasteiger partial charge in [0.05, 0.1) is 9.82 Å². The number of carbonyl (C=O) groups is 1. The molecule has 1 amide bonds. The normalized spacial score (nSPS) is 14.2. The monoisotopic (exact) mass is 421 g/mol. The molecule has 0 atom stereocenters. The summed E-state index contributed by atoms with van der Waals surface area (Å²) in [5.41, 5.74) is 1.46. The first-order valence-electron chi connectivity index (χ1n) is 8.96. The molecule has 0 aliphatic carbocycles. The van der Waals surface area contributed by atoms with Gasteiger partial charge in [-0.15, -0.1) is 12.4 Å². The van der Waals surface area contributed by atoms with E-state index in [4.69, 9.17) is 0 Å². The number of aryl methyl sites for hydroxylation is 1. The van der Waals surface area contributed by atoms with Gasteiger partial charge in [-0.1, -0.05) is 29.5 Å². The molecule has 1 N–H and O–H groups in total. The number of nitro benzene ring substituents is 1. The highest BCUT2D eigenvalue weighted by Crippen LogP contribution is 2.35. The van der Waals surface area contributed by atoms with E-state index in [9.17, 15) is 14.9 Å². The van der Waals surface area contributed by atoms with Crippen molar-refractivity contribution in [3.8, 4) is 0 Å². The molecular weight excluding hydrogens is 398 g/mol. The van der Waals surface area contributed by atoms with E-state index in [-0.39, 0.29) is 30.0 Å². The molecule has 8 heteroatoms. The van der Waals surface area contributed by atoms with Gasteiger partial charge in [-0.3, -0.25) is 14.9 Å². The fourth-order valence-corrected chi connectivity index (χ4v) is 4.08. The second kappa shape index (κ2) is 9.91. The average molecular weight is 422 g/mol. The summed E-state index contributed by atoms with van der Waals surface area (Å²) in [6.45, 7) is 3.76. The average Bonchev–Trinajstić information content (AvgIpc) is 2.69. The second-order valence-electron chi connectivity index (χ2n) is 6.75. The van der Waals surface area contributed by atoms with Gasteiger partial charge in [0.1, 0.15) is 0 Å². The molecular formula is C20H24ClN3O3S. The molecule has 0 unspecified atom stereocenters. The Morgan fingerprint density at radius 2 is 1.82 bits per heavy atom. The molecule has 1 aliphatic heterocycles. The number of hydrogen-bond acceptors (Lipinski definition) is 5. The zero-order valence-corrected chi connectivity index (χ0v) is 17.5. The lowest BCUT2D eigenvalue weighted by atomic mass is 10.0. The number of rotatable bonds is 5. The second-order valence-corrected chi connectivity index (χ2v) is 7.87. The van der Waals surface area contributed by atoms with Crippen LogP contribution >= 0.6 is 24.2 Å². The summed E-state index contributed by atoms with van der Waals surface area (Å²) in [6, 6.07) is 12.7. The molecule has 0 aromatic heterocycles. The van der Waals surface area contributed by atoms with Crippen LogP contribution in [-0.2, 0) is 0 Å². The van der Waals surface area contributed by atoms with Gasteiger partial charge >= 0.3 is 0 Å². The van der Waals surface area contributed by atoms with Crippen molar-refractivity contribution < 1.29 is 9.72 Å². The molecule has 28 heavy (non-hydrogen) atoms. The molecule has 1 aliphatic rings. The van der Waals surface area contributed by atoms with Crippen LogP contribution in [0.4, 0.5) is 5.69 Å². The molecule has 0 spiro atoms. The largest absolute Gasteiger partial charge is 0.339 e. The molecule has 1 heterocycles. The van der Waals surface area contributed by atoms with Crippen LogP contribution in [-0.4, -0.2) is 41.9 Å². The molecule has 2 aromatic carbocycles. The van der Waals surface area contributed by atoms with Crippen molar-refractivity contribution in [1.82, 2.24) is 10.2 Å². The summed E-state index contributed by atoms with van der Waals surface area (Å²) >= 11 is 1.33. The van der Waals surface area contributed by atoms with E-state index in [1.54, 1.807) is 24.1 Å². The van der Waals surface area contributed by atoms with Crippen molar-refractivity contribution in [1.29, 1.82) is 0 Å². The number of amides is 1. The van der Waals surface area contributed by atoms with Gasteiger partial charge in [0.2, 0.25) is 0 Å². The molecule has 2 aromatic rings. The molecule has 3 rings (SSSR count). The number of nitrogens with one attached hydrogen (secondary N) is 1. The summed E-state index contributed by atoms with van der Waals surface area (Å²) < 4.78 is 0. The van der Waals surface area contributed by atoms with Crippen LogP contribution < -0.4 is 5.32 Å². The van der Waals surface area contributed by atoms with Crippen LogP contribution in [0.25, 0.3) is 0 Å². The maximum absolute atomic E-state index is 12.8. The maximum atomic E-state index is 12.8. The number of nitrogens with zero attached hydrogens (tertiary/aromatic N) is 2. The van der Waals surface area contributed by atoms with Crippen LogP contribution in [0.5, 0.6) is 0 Å². The fraction of sp³-hybridized carbons (Fsp3) is 0.350. The van der Waals surface area contributed by atoms with E-state index in [1.807, 2.05) is 31.2 Å². The Labute approximate surface area is 175 Å². The quantitative estimate of drug-likeness (QED) is 0.575. The van der Waals surface area contributed by atoms with Gasteiger partial charge in [0.15, 0.2) is 0 Å². The molecule has 6 nitrogen and oxygen atoms in total. The van der Waals surface area contributed by atoms with E-state index >= 15 is 0 Å². The maximum Gasteiger partial charge on any atom is 0.284 e. The predicted octanol–water partition coefficient (Wildman–Crippen LogP) is 4.30. The van der Waals surface area contributed by atoms with Gasteiger partial charge < -0.3 is 10.2 Å². The summed E-state index contributed by atoms with van der Waals surface area (Å²) in [4.78, 5) is 27.1. The third-order valence-corrected chi connectivity index (χ3v) is 5.90. The summed E-state index contributed by atoms with van der Waals surface area (Å²) in [5, 5.41) is 14.8. The van der Waals surface area contributed by atoms with E-state index in [2.05, 4.69) is 5.32 Å². The highest BCUT2D eigenvalue weighted by Gasteiger charge is 2.25. The Morgan fingerprint density at radius 3 is 2.43 bits per heavy atom. The first-order chi connectivity index (χ1) is 13.0. The molecule has 1 saturated heterocycles. The van der Waals surface area contributed by atoms with E-state index < -0.39 is 4.92 Å². The van der Waals surface area contributed by atoms with Gasteiger partial charge in [-0.2, -0.15) is 0 Å². The Morgan fingerprint density at radius 1 is 1.18 bits per heavy atom. The topological polar surface area (TPSA) is 75.5 Å². The van der Waals surface area contributed by atoms with Crippen molar-refractivity contribution in [3.63, 3.8) is 0 Å². The number of piperidine rings is 1. The lowest BCUT2D eigenvalue weighted by Gasteiger charge is -2.31. The van der Waals surface area contributed by atoms with E-state index in [0.29, 0.717) is 10.5 Å². The standard InChI is InChI=1S/C20H23N3O3S.ClH/c1-14-3-6-17(7-4-14)27-19-8-5-15(13-18(19)23(25)26)20(24)22(2)16-9-11-21-12-10-16;/h3-8,13,16,21H,9-12H2,1-2H3;1H. The zero-order valence-electron chi connectivity index (χ0n) is 15.9. The number of halogens is 1. The lowest BCUT2D eigenvalue weighted by Crippen LogP contribution is -2.43. The Hall–Kier alpha value is -2.09. The van der Waals surface area contributed by atoms with Crippen LogP contribution in [0, 0.1) is 17.0 Å². The van der Waals surface area contributed by atoms with Gasteiger partial charge in [-0.25, -0.2) is 0 Å². The van der Waals surface area contributed by atoms with Gasteiger partial charge in [0, 0.05) is 29.6 Å². The molecule has 150 valence electrons. The Kier molecular flexibility index (Phi) is 7.86. The minimum absolute atomic E-state index is 0. The number of hydrogen-bond donors (Lipinski definition) is 1. The number of benzene rings is 2. The first kappa shape index (κ1) is 22.2. The Balaban J connectivity index is 0.00000280. The first-order valence-corrected chi connectivity index (χ1v) is 9.78. The van der Waals surface area contributed by atoms with E-state index in [1.165, 1.54) is 17.8 Å². The van der Waals surface area contributed by atoms with Crippen molar-refractivity contribution in [3.05, 3.63) is 63.7 Å². The van der Waals surface area contributed by atoms with Crippen molar-refractivity contribution >= 4 is 35.8 Å². The molecule has 0 radical (unpaired) electrons. The molecule has 0 saturated carbocycles. The number of nitro groups is 1. The Bertz CT molecular complexity index is 839. The lowest BCUT2D eigenvalue weighted by molar-refractivity contribution is -0.387. The van der Waals surface area contributed by atoms with Crippen LogP contribution in [0.1, 0.15) is 28.8 Å². The van der Waals surface area contributed by atoms with Crippen LogP contribution in [0.3, 0.4) is 0 Å². The molecule has 0 bridgehead atoms. The van der Waals surface area contributed by atoms with Crippen molar-refractivity contribution in [2.75, 3.05) is 20.1 Å². The zero-order chi connectivity index (χ0) is 19.4. The minimum atomic E-state index is -0.419. The predicted molar refractivity (Wildman–Crippen MR) is 114 cm³/mol. The third-order valence-electron chi connectivity index (χ3n) is 4.83. The summed E-state index contributed by atoms with van der Waals surface area (Å²) in [5.74, 6) is -0.170. The summed E-state index contributed by atoms with van der Waals surface area (Å²) in [6.07, 6.45) is 1.79. The highest BCUT2D eigenvalue weighted by molar-refractivity contribution is 7.99. The SMILES string of the molecule is Cc1ccc(Sc2ccc(C(=O)N(C)C3CCNCC3)cc2[N+](=O)[O-])cc1.Cl. The third kappa shape index (κ3) is 5.25.